The molecule has 44 valence electrons. The summed E-state index contributed by atoms with van der Waals surface area (Å²) in [7, 11) is 0. The van der Waals surface area contributed by atoms with Crippen molar-refractivity contribution in [2.24, 2.45) is 5.73 Å². The smallest absolute Gasteiger partial charge is 0.0279 e. The molecule has 0 radical (unpaired) electrons. The van der Waals surface area contributed by atoms with Gasteiger partial charge in [0.1, 0.15) is 0 Å². The summed E-state index contributed by atoms with van der Waals surface area (Å²) in [5.74, 6) is 0. The van der Waals surface area contributed by atoms with Gasteiger partial charge in [0.2, 0.25) is 0 Å². The first kappa shape index (κ1) is 10.2. The molecule has 7 heavy (non-hydrogen) atoms. The Labute approximate surface area is 55.4 Å². The molecule has 0 heterocycles. The standard InChI is InChI=1S/C5H11N.BrH/c1-4-5(2,3)6;/h4H,1,6H2,2-3H3;1H. The lowest BCUT2D eigenvalue weighted by molar-refractivity contribution is 0.656. The third kappa shape index (κ3) is 10.7. The molecule has 0 spiro atoms. The summed E-state index contributed by atoms with van der Waals surface area (Å²) in [4.78, 5) is 0. The molecular weight excluding hydrogens is 154 g/mol. The first-order valence-electron chi connectivity index (χ1n) is 1.99. The number of hydrogen-bond acceptors (Lipinski definition) is 1. The van der Waals surface area contributed by atoms with Crippen LogP contribution in [0.5, 0.6) is 0 Å². The van der Waals surface area contributed by atoms with E-state index in [1.165, 1.54) is 0 Å². The summed E-state index contributed by atoms with van der Waals surface area (Å²) in [6.07, 6.45) is 1.72. The molecule has 0 aromatic rings. The van der Waals surface area contributed by atoms with Crippen LogP contribution in [0.15, 0.2) is 12.7 Å². The van der Waals surface area contributed by atoms with E-state index < -0.39 is 0 Å². The van der Waals surface area contributed by atoms with Gasteiger partial charge in [-0.3, -0.25) is 0 Å². The first-order chi connectivity index (χ1) is 2.56. The van der Waals surface area contributed by atoms with Crippen LogP contribution >= 0.6 is 17.0 Å². The highest BCUT2D eigenvalue weighted by molar-refractivity contribution is 8.93. The zero-order chi connectivity index (χ0) is 5.21. The Kier molecular flexibility index (Phi) is 4.70. The minimum atomic E-state index is -0.194. The van der Waals surface area contributed by atoms with E-state index in [9.17, 15) is 0 Å². The fraction of sp³-hybridized carbons (Fsp3) is 0.600. The van der Waals surface area contributed by atoms with E-state index in [1.807, 2.05) is 13.8 Å². The van der Waals surface area contributed by atoms with E-state index in [-0.39, 0.29) is 22.5 Å². The van der Waals surface area contributed by atoms with Crippen LogP contribution in [0.3, 0.4) is 0 Å². The highest BCUT2D eigenvalue weighted by Gasteiger charge is 1.99. The van der Waals surface area contributed by atoms with Gasteiger partial charge in [-0.2, -0.15) is 0 Å². The molecule has 0 atom stereocenters. The van der Waals surface area contributed by atoms with E-state index in [1.54, 1.807) is 6.08 Å². The summed E-state index contributed by atoms with van der Waals surface area (Å²) in [6.45, 7) is 7.31. The maximum Gasteiger partial charge on any atom is 0.0279 e. The second-order valence-corrected chi connectivity index (χ2v) is 2.03. The maximum atomic E-state index is 5.42. The van der Waals surface area contributed by atoms with Gasteiger partial charge >= 0.3 is 0 Å². The van der Waals surface area contributed by atoms with Gasteiger partial charge in [-0.15, -0.1) is 23.6 Å². The normalized spacial score (nSPS) is 9.57. The average molecular weight is 166 g/mol. The van der Waals surface area contributed by atoms with E-state index in [2.05, 4.69) is 6.58 Å². The Bertz CT molecular complexity index is 53.6. The molecule has 0 saturated heterocycles. The lowest BCUT2D eigenvalue weighted by atomic mass is 10.1. The Hall–Kier alpha value is 0.180. The second kappa shape index (κ2) is 3.22. The van der Waals surface area contributed by atoms with Gasteiger partial charge in [-0.05, 0) is 13.8 Å². The average Bonchev–Trinajstić information content (AvgIpc) is 1.35. The molecule has 2 N–H and O–H groups in total. The first-order valence-corrected chi connectivity index (χ1v) is 1.99. The topological polar surface area (TPSA) is 26.0 Å². The Morgan fingerprint density at radius 1 is 1.57 bits per heavy atom. The van der Waals surface area contributed by atoms with Crippen LogP contribution in [0.25, 0.3) is 0 Å². The molecule has 0 amide bonds. The number of rotatable bonds is 1. The van der Waals surface area contributed by atoms with Crippen LogP contribution in [0.4, 0.5) is 0 Å². The van der Waals surface area contributed by atoms with Crippen LogP contribution in [0.2, 0.25) is 0 Å². The quantitative estimate of drug-likeness (QED) is 0.586. The van der Waals surface area contributed by atoms with Gasteiger partial charge in [0.05, 0.1) is 0 Å². The van der Waals surface area contributed by atoms with Crippen molar-refractivity contribution in [2.75, 3.05) is 0 Å². The highest BCUT2D eigenvalue weighted by Crippen LogP contribution is 1.93. The van der Waals surface area contributed by atoms with Crippen LogP contribution in [0, 0.1) is 0 Å². The monoisotopic (exact) mass is 165 g/mol. The van der Waals surface area contributed by atoms with Crippen molar-refractivity contribution in [1.29, 1.82) is 0 Å². The van der Waals surface area contributed by atoms with E-state index in [0.717, 1.165) is 0 Å². The van der Waals surface area contributed by atoms with Crippen molar-refractivity contribution in [2.45, 2.75) is 19.4 Å². The van der Waals surface area contributed by atoms with Gasteiger partial charge in [0.15, 0.2) is 0 Å². The summed E-state index contributed by atoms with van der Waals surface area (Å²) in [5, 5.41) is 0. The highest BCUT2D eigenvalue weighted by atomic mass is 79.9. The maximum absolute atomic E-state index is 5.42. The molecule has 0 aromatic heterocycles. The largest absolute Gasteiger partial charge is 0.322 e. The SMILES string of the molecule is Br.C=CC(C)(C)N. The number of hydrogen-bond donors (Lipinski definition) is 1. The molecule has 1 nitrogen and oxygen atoms in total. The lowest BCUT2D eigenvalue weighted by Gasteiger charge is -2.08. The molecule has 0 aliphatic heterocycles. The molecule has 0 aromatic carbocycles. The molecule has 0 aliphatic carbocycles. The molecule has 0 bridgehead atoms. The zero-order valence-electron chi connectivity index (χ0n) is 4.77. The zero-order valence-corrected chi connectivity index (χ0v) is 6.48. The van der Waals surface area contributed by atoms with E-state index in [4.69, 9.17) is 5.73 Å². The van der Waals surface area contributed by atoms with Gasteiger partial charge in [-0.1, -0.05) is 6.08 Å². The minimum absolute atomic E-state index is 0. The summed E-state index contributed by atoms with van der Waals surface area (Å²) in [5.41, 5.74) is 5.22. The Morgan fingerprint density at radius 2 is 1.71 bits per heavy atom. The molecule has 0 rings (SSSR count). The van der Waals surface area contributed by atoms with Crippen LogP contribution in [0.1, 0.15) is 13.8 Å². The van der Waals surface area contributed by atoms with Gasteiger partial charge < -0.3 is 5.73 Å². The molecule has 0 unspecified atom stereocenters. The van der Waals surface area contributed by atoms with Crippen molar-refractivity contribution >= 4 is 17.0 Å². The third-order valence-corrected chi connectivity index (χ3v) is 0.526. The minimum Gasteiger partial charge on any atom is -0.322 e. The molecule has 0 fully saturated rings. The van der Waals surface area contributed by atoms with E-state index in [0.29, 0.717) is 0 Å². The van der Waals surface area contributed by atoms with Crippen molar-refractivity contribution in [1.82, 2.24) is 0 Å². The van der Waals surface area contributed by atoms with Crippen molar-refractivity contribution in [3.8, 4) is 0 Å². The predicted octanol–water partition coefficient (Wildman–Crippen LogP) is 1.49. The Balaban J connectivity index is 0. The Morgan fingerprint density at radius 3 is 1.71 bits per heavy atom. The van der Waals surface area contributed by atoms with Gasteiger partial charge in [0.25, 0.3) is 0 Å². The van der Waals surface area contributed by atoms with Crippen molar-refractivity contribution < 1.29 is 0 Å². The number of halogens is 1. The van der Waals surface area contributed by atoms with Gasteiger partial charge in [0, 0.05) is 5.54 Å². The molecule has 2 heteroatoms. The third-order valence-electron chi connectivity index (χ3n) is 0.526. The molecule has 0 saturated carbocycles. The second-order valence-electron chi connectivity index (χ2n) is 2.03. The summed E-state index contributed by atoms with van der Waals surface area (Å²) < 4.78 is 0. The van der Waals surface area contributed by atoms with Crippen LogP contribution in [-0.2, 0) is 0 Å². The number of nitrogens with two attached hydrogens (primary N) is 1. The molecule has 0 aliphatic rings. The fourth-order valence-electron chi connectivity index (χ4n) is 0. The van der Waals surface area contributed by atoms with Gasteiger partial charge in [-0.25, -0.2) is 0 Å². The summed E-state index contributed by atoms with van der Waals surface area (Å²) in [6, 6.07) is 0. The van der Waals surface area contributed by atoms with Crippen LogP contribution in [-0.4, -0.2) is 5.54 Å². The fourth-order valence-corrected chi connectivity index (χ4v) is 0. The van der Waals surface area contributed by atoms with Crippen LogP contribution < -0.4 is 5.73 Å². The van der Waals surface area contributed by atoms with Crippen molar-refractivity contribution in [3.05, 3.63) is 12.7 Å². The lowest BCUT2D eigenvalue weighted by Crippen LogP contribution is -2.27. The molecular formula is C5H12BrN. The van der Waals surface area contributed by atoms with Crippen molar-refractivity contribution in [3.63, 3.8) is 0 Å². The predicted molar refractivity (Wildman–Crippen MR) is 38.8 cm³/mol. The summed E-state index contributed by atoms with van der Waals surface area (Å²) >= 11 is 0. The van der Waals surface area contributed by atoms with E-state index >= 15 is 0 Å².